The molecule has 0 saturated carbocycles. The summed E-state index contributed by atoms with van der Waals surface area (Å²) in [4.78, 5) is 3.88. The van der Waals surface area contributed by atoms with E-state index in [1.165, 1.54) is 18.0 Å². The van der Waals surface area contributed by atoms with Crippen LogP contribution in [0.25, 0.3) is 0 Å². The Hall–Kier alpha value is -1.17. The molecule has 12 heavy (non-hydrogen) atoms. The highest BCUT2D eigenvalue weighted by Gasteiger charge is 2.11. The van der Waals surface area contributed by atoms with Gasteiger partial charge in [0, 0.05) is 0 Å². The Labute approximate surface area is 73.6 Å². The Balaban J connectivity index is 2.53. The quantitative estimate of drug-likeness (QED) is 0.241. The molecular weight excluding hydrogens is 178 g/mol. The Bertz CT molecular complexity index is 260. The number of hydrogen-bond acceptors (Lipinski definition) is 5. The lowest BCUT2D eigenvalue weighted by Gasteiger charge is -2.04. The fourth-order valence-electron chi connectivity index (χ4n) is 0.561. The molecule has 1 heterocycles. The molecule has 5 nitrogen and oxygen atoms in total. The van der Waals surface area contributed by atoms with Crippen molar-refractivity contribution in [1.82, 2.24) is 4.98 Å². The molecule has 3 N–H and O–H groups in total. The fourth-order valence-corrected chi connectivity index (χ4v) is 1.26. The highest BCUT2D eigenvalue weighted by atomic mass is 32.2. The minimum Gasteiger partial charge on any atom is -0.440 e. The Morgan fingerprint density at radius 3 is 3.17 bits per heavy atom. The third kappa shape index (κ3) is 2.16. The number of nitrogens with zero attached hydrogens (tertiary/aromatic N) is 2. The van der Waals surface area contributed by atoms with E-state index in [4.69, 9.17) is 15.4 Å². The molecule has 6 heteroatoms. The molecule has 1 atom stereocenters. The van der Waals surface area contributed by atoms with E-state index in [0.29, 0.717) is 5.22 Å². The maximum atomic E-state index is 8.33. The summed E-state index contributed by atoms with van der Waals surface area (Å²) in [5.74, 6) is 0.151. The summed E-state index contributed by atoms with van der Waals surface area (Å²) in [6, 6.07) is 0. The van der Waals surface area contributed by atoms with Crippen LogP contribution < -0.4 is 5.73 Å². The van der Waals surface area contributed by atoms with Crippen LogP contribution in [-0.2, 0) is 0 Å². The molecule has 0 aromatic carbocycles. The first kappa shape index (κ1) is 8.92. The molecule has 0 bridgehead atoms. The van der Waals surface area contributed by atoms with E-state index in [2.05, 4.69) is 10.1 Å². The number of nitrogens with two attached hydrogens (primary N) is 1. The SMILES string of the molecule is CC(Sc1ncco1)/C(N)=N/O. The summed E-state index contributed by atoms with van der Waals surface area (Å²) < 4.78 is 4.96. The van der Waals surface area contributed by atoms with Gasteiger partial charge in [0.25, 0.3) is 5.22 Å². The molecule has 0 saturated heterocycles. The van der Waals surface area contributed by atoms with Gasteiger partial charge in [0.15, 0.2) is 5.84 Å². The first-order valence-corrected chi connectivity index (χ1v) is 4.15. The molecule has 0 spiro atoms. The lowest BCUT2D eigenvalue weighted by Crippen LogP contribution is -2.23. The van der Waals surface area contributed by atoms with Crippen molar-refractivity contribution in [1.29, 1.82) is 0 Å². The molecule has 0 amide bonds. The third-order valence-corrected chi connectivity index (χ3v) is 2.22. The van der Waals surface area contributed by atoms with Crippen molar-refractivity contribution in [2.75, 3.05) is 0 Å². The predicted octanol–water partition coefficient (Wildman–Crippen LogP) is 0.902. The van der Waals surface area contributed by atoms with Gasteiger partial charge >= 0.3 is 0 Å². The number of aromatic nitrogens is 1. The molecule has 1 unspecified atom stereocenters. The minimum absolute atomic E-state index is 0.145. The summed E-state index contributed by atoms with van der Waals surface area (Å²) in [6.45, 7) is 1.80. The lowest BCUT2D eigenvalue weighted by atomic mass is 10.4. The van der Waals surface area contributed by atoms with E-state index in [9.17, 15) is 0 Å². The third-order valence-electron chi connectivity index (χ3n) is 1.22. The first-order chi connectivity index (χ1) is 5.74. The zero-order valence-electron chi connectivity index (χ0n) is 6.47. The van der Waals surface area contributed by atoms with Gasteiger partial charge in [0.05, 0.1) is 11.4 Å². The molecule has 0 aliphatic rings. The highest BCUT2D eigenvalue weighted by molar-refractivity contribution is 8.00. The van der Waals surface area contributed by atoms with Crippen LogP contribution in [0.1, 0.15) is 6.92 Å². The Morgan fingerprint density at radius 2 is 2.67 bits per heavy atom. The van der Waals surface area contributed by atoms with Crippen LogP contribution in [-0.4, -0.2) is 21.3 Å². The zero-order valence-corrected chi connectivity index (χ0v) is 7.28. The van der Waals surface area contributed by atoms with Gasteiger partial charge in [-0.1, -0.05) is 16.9 Å². The van der Waals surface area contributed by atoms with Crippen molar-refractivity contribution in [2.45, 2.75) is 17.4 Å². The van der Waals surface area contributed by atoms with Gasteiger partial charge in [-0.15, -0.1) is 0 Å². The number of amidine groups is 1. The van der Waals surface area contributed by atoms with Crippen molar-refractivity contribution >= 4 is 17.6 Å². The first-order valence-electron chi connectivity index (χ1n) is 3.27. The van der Waals surface area contributed by atoms with Gasteiger partial charge in [-0.25, -0.2) is 4.98 Å². The number of rotatable bonds is 3. The van der Waals surface area contributed by atoms with Crippen molar-refractivity contribution in [3.05, 3.63) is 12.5 Å². The average molecular weight is 187 g/mol. The molecule has 66 valence electrons. The van der Waals surface area contributed by atoms with E-state index in [0.717, 1.165) is 0 Å². The van der Waals surface area contributed by atoms with E-state index in [1.807, 2.05) is 0 Å². The molecule has 0 radical (unpaired) electrons. The number of oxime groups is 1. The molecule has 1 aromatic heterocycles. The van der Waals surface area contributed by atoms with Crippen LogP contribution >= 0.6 is 11.8 Å². The number of oxazole rings is 1. The second-order valence-electron chi connectivity index (χ2n) is 2.08. The fraction of sp³-hybridized carbons (Fsp3) is 0.333. The molecule has 0 aliphatic heterocycles. The Morgan fingerprint density at radius 1 is 1.92 bits per heavy atom. The zero-order chi connectivity index (χ0) is 8.97. The van der Waals surface area contributed by atoms with Crippen LogP contribution in [0.15, 0.2) is 27.3 Å². The maximum Gasteiger partial charge on any atom is 0.256 e. The average Bonchev–Trinajstić information content (AvgIpc) is 2.55. The van der Waals surface area contributed by atoms with Crippen LogP contribution in [0, 0.1) is 0 Å². The van der Waals surface area contributed by atoms with E-state index in [-0.39, 0.29) is 11.1 Å². The normalized spacial score (nSPS) is 14.6. The lowest BCUT2D eigenvalue weighted by molar-refractivity contribution is 0.317. The second-order valence-corrected chi connectivity index (χ2v) is 3.38. The van der Waals surface area contributed by atoms with Crippen molar-refractivity contribution in [2.24, 2.45) is 10.9 Å². The van der Waals surface area contributed by atoms with Gasteiger partial charge in [0.2, 0.25) is 0 Å². The largest absolute Gasteiger partial charge is 0.440 e. The van der Waals surface area contributed by atoms with Crippen LogP contribution in [0.3, 0.4) is 0 Å². The topological polar surface area (TPSA) is 84.6 Å². The van der Waals surface area contributed by atoms with E-state index >= 15 is 0 Å². The Kier molecular flexibility index (Phi) is 2.98. The van der Waals surface area contributed by atoms with Crippen molar-refractivity contribution in [3.8, 4) is 0 Å². The molecule has 0 aliphatic carbocycles. The highest BCUT2D eigenvalue weighted by Crippen LogP contribution is 2.20. The van der Waals surface area contributed by atoms with Gasteiger partial charge in [-0.3, -0.25) is 0 Å². The molecule has 0 fully saturated rings. The summed E-state index contributed by atoms with van der Waals surface area (Å²) >= 11 is 1.29. The van der Waals surface area contributed by atoms with Gasteiger partial charge in [-0.2, -0.15) is 0 Å². The molecule has 1 rings (SSSR count). The number of hydrogen-bond donors (Lipinski definition) is 2. The van der Waals surface area contributed by atoms with Crippen LogP contribution in [0.5, 0.6) is 0 Å². The van der Waals surface area contributed by atoms with Gasteiger partial charge in [-0.05, 0) is 6.92 Å². The summed E-state index contributed by atoms with van der Waals surface area (Å²) in [6.07, 6.45) is 3.02. The van der Waals surface area contributed by atoms with Crippen LogP contribution in [0.2, 0.25) is 0 Å². The van der Waals surface area contributed by atoms with E-state index in [1.54, 1.807) is 13.1 Å². The predicted molar refractivity (Wildman–Crippen MR) is 45.2 cm³/mol. The van der Waals surface area contributed by atoms with E-state index < -0.39 is 0 Å². The van der Waals surface area contributed by atoms with Crippen molar-refractivity contribution < 1.29 is 9.62 Å². The van der Waals surface area contributed by atoms with Gasteiger partial charge < -0.3 is 15.4 Å². The standard InChI is InChI=1S/C6H9N3O2S/c1-4(5(7)9-10)12-6-8-2-3-11-6/h2-4,10H,1H3,(H2,7,9). The van der Waals surface area contributed by atoms with Gasteiger partial charge in [0.1, 0.15) is 6.26 Å². The van der Waals surface area contributed by atoms with Crippen LogP contribution in [0.4, 0.5) is 0 Å². The number of thioether (sulfide) groups is 1. The second kappa shape index (κ2) is 4.01. The molecule has 1 aromatic rings. The minimum atomic E-state index is -0.145. The summed E-state index contributed by atoms with van der Waals surface area (Å²) in [5, 5.41) is 11.6. The summed E-state index contributed by atoms with van der Waals surface area (Å²) in [5.41, 5.74) is 5.34. The smallest absolute Gasteiger partial charge is 0.256 e. The maximum absolute atomic E-state index is 8.33. The molecular formula is C6H9N3O2S. The summed E-state index contributed by atoms with van der Waals surface area (Å²) in [7, 11) is 0. The monoisotopic (exact) mass is 187 g/mol. The van der Waals surface area contributed by atoms with Crippen molar-refractivity contribution in [3.63, 3.8) is 0 Å².